The van der Waals surface area contributed by atoms with Crippen LogP contribution in [-0.2, 0) is 4.79 Å². The fraction of sp³-hybridized carbons (Fsp3) is 0.444. The average molecular weight is 419 g/mol. The number of hydrogen-bond donors (Lipinski definition) is 4. The van der Waals surface area contributed by atoms with Crippen LogP contribution < -0.4 is 16.3 Å². The quantitative estimate of drug-likeness (QED) is 0.455. The predicted octanol–water partition coefficient (Wildman–Crippen LogP) is 3.57. The Labute approximate surface area is 169 Å². The molecule has 1 aromatic carbocycles. The number of amides is 1. The van der Waals surface area contributed by atoms with Crippen LogP contribution in [0, 0.1) is 0 Å². The van der Waals surface area contributed by atoms with Crippen molar-refractivity contribution in [3.05, 3.63) is 28.7 Å². The van der Waals surface area contributed by atoms with Crippen molar-refractivity contribution in [3.63, 3.8) is 0 Å². The summed E-state index contributed by atoms with van der Waals surface area (Å²) in [6.45, 7) is 1.84. The molecule has 1 amide bonds. The van der Waals surface area contributed by atoms with Crippen LogP contribution in [0.5, 0.6) is 0 Å². The number of benzene rings is 1. The Morgan fingerprint density at radius 1 is 1.21 bits per heavy atom. The summed E-state index contributed by atoms with van der Waals surface area (Å²) >= 11 is 2.88. The van der Waals surface area contributed by atoms with Crippen molar-refractivity contribution in [3.8, 4) is 0 Å². The number of carbonyl (C=O) groups is 1. The Hall–Kier alpha value is -2.33. The number of aromatic amines is 2. The van der Waals surface area contributed by atoms with Crippen molar-refractivity contribution in [2.45, 2.75) is 54.7 Å². The van der Waals surface area contributed by atoms with Gasteiger partial charge in [-0.3, -0.25) is 4.79 Å². The lowest BCUT2D eigenvalue weighted by molar-refractivity contribution is -0.115. The second kappa shape index (κ2) is 8.36. The maximum atomic E-state index is 12.5. The van der Waals surface area contributed by atoms with Crippen molar-refractivity contribution in [2.24, 2.45) is 0 Å². The monoisotopic (exact) mass is 418 g/mol. The van der Waals surface area contributed by atoms with Gasteiger partial charge < -0.3 is 20.6 Å². The molecule has 0 aliphatic heterocycles. The number of hydrogen-bond acceptors (Lipinski definition) is 7. The van der Waals surface area contributed by atoms with E-state index in [-0.39, 0.29) is 16.8 Å². The highest BCUT2D eigenvalue weighted by molar-refractivity contribution is 8.02. The number of thioether (sulfide) groups is 1. The van der Waals surface area contributed by atoms with E-state index in [1.165, 1.54) is 55.2 Å². The first-order valence-corrected chi connectivity index (χ1v) is 11.1. The van der Waals surface area contributed by atoms with Gasteiger partial charge in [-0.05, 0) is 38.0 Å². The molecule has 0 saturated heterocycles. The Bertz CT molecular complexity index is 1020. The zero-order valence-electron chi connectivity index (χ0n) is 15.4. The molecule has 2 aromatic heterocycles. The molecule has 1 atom stereocenters. The van der Waals surface area contributed by atoms with Crippen LogP contribution in [0.15, 0.2) is 27.3 Å². The van der Waals surface area contributed by atoms with Gasteiger partial charge in [0.1, 0.15) is 0 Å². The van der Waals surface area contributed by atoms with Gasteiger partial charge in [0.2, 0.25) is 11.0 Å². The summed E-state index contributed by atoms with van der Waals surface area (Å²) < 4.78 is 0.770. The molecular formula is C18H22N6O2S2. The molecule has 1 saturated carbocycles. The lowest BCUT2D eigenvalue weighted by Crippen LogP contribution is -2.22. The number of H-pyrrole nitrogens is 2. The van der Waals surface area contributed by atoms with E-state index in [1.54, 1.807) is 18.2 Å². The maximum Gasteiger partial charge on any atom is 0.323 e. The van der Waals surface area contributed by atoms with Gasteiger partial charge >= 0.3 is 5.69 Å². The molecule has 2 heterocycles. The summed E-state index contributed by atoms with van der Waals surface area (Å²) in [5.74, 6) is -0.126. The zero-order valence-corrected chi connectivity index (χ0v) is 17.1. The van der Waals surface area contributed by atoms with Gasteiger partial charge in [-0.15, -0.1) is 10.2 Å². The van der Waals surface area contributed by atoms with Crippen LogP contribution in [-0.4, -0.2) is 37.4 Å². The van der Waals surface area contributed by atoms with Crippen LogP contribution in [0.4, 0.5) is 10.8 Å². The predicted molar refractivity (Wildman–Crippen MR) is 113 cm³/mol. The van der Waals surface area contributed by atoms with Gasteiger partial charge in [-0.2, -0.15) is 0 Å². The number of aromatic nitrogens is 4. The number of imidazole rings is 1. The Morgan fingerprint density at radius 3 is 2.82 bits per heavy atom. The van der Waals surface area contributed by atoms with E-state index in [0.717, 1.165) is 9.47 Å². The number of nitrogens with zero attached hydrogens (tertiary/aromatic N) is 2. The van der Waals surface area contributed by atoms with Gasteiger partial charge in [0.25, 0.3) is 0 Å². The number of anilines is 2. The number of fused-ring (bicyclic) bond motifs is 1. The van der Waals surface area contributed by atoms with Crippen LogP contribution >= 0.6 is 23.1 Å². The number of nitrogens with one attached hydrogen (secondary N) is 4. The minimum Gasteiger partial charge on any atom is -0.357 e. The molecule has 8 nitrogen and oxygen atoms in total. The molecule has 1 fully saturated rings. The summed E-state index contributed by atoms with van der Waals surface area (Å²) in [5.41, 5.74) is 1.73. The van der Waals surface area contributed by atoms with Crippen LogP contribution in [0.2, 0.25) is 0 Å². The molecule has 28 heavy (non-hydrogen) atoms. The molecular weight excluding hydrogens is 396 g/mol. The molecule has 1 unspecified atom stereocenters. The topological polar surface area (TPSA) is 116 Å². The molecule has 1 aliphatic carbocycles. The minimum atomic E-state index is -0.323. The van der Waals surface area contributed by atoms with E-state index >= 15 is 0 Å². The smallest absolute Gasteiger partial charge is 0.323 e. The zero-order chi connectivity index (χ0) is 19.5. The second-order valence-corrected chi connectivity index (χ2v) is 9.51. The Morgan fingerprint density at radius 2 is 2.00 bits per heavy atom. The molecule has 3 aromatic rings. The highest BCUT2D eigenvalue weighted by Crippen LogP contribution is 2.31. The normalized spacial score (nSPS) is 16.2. The Kier molecular flexibility index (Phi) is 5.67. The maximum absolute atomic E-state index is 12.5. The summed E-state index contributed by atoms with van der Waals surface area (Å²) in [7, 11) is 0. The third-order valence-electron chi connectivity index (χ3n) is 4.77. The van der Waals surface area contributed by atoms with Gasteiger partial charge in [0, 0.05) is 11.7 Å². The lowest BCUT2D eigenvalue weighted by Gasteiger charge is -2.21. The first kappa shape index (κ1) is 19.0. The first-order chi connectivity index (χ1) is 13.6. The van der Waals surface area contributed by atoms with Gasteiger partial charge in [0.05, 0.1) is 16.3 Å². The van der Waals surface area contributed by atoms with Gasteiger partial charge in [-0.1, -0.05) is 42.4 Å². The molecule has 10 heteroatoms. The van der Waals surface area contributed by atoms with Crippen molar-refractivity contribution in [2.75, 3.05) is 10.6 Å². The lowest BCUT2D eigenvalue weighted by atomic mass is 9.96. The summed E-state index contributed by atoms with van der Waals surface area (Å²) in [6, 6.07) is 5.74. The SMILES string of the molecule is CC(Sc1nnc(NC2CCCCC2)s1)C(=O)Nc1ccc2[nH]c(=O)[nH]c2c1. The highest BCUT2D eigenvalue weighted by atomic mass is 32.2. The average Bonchev–Trinajstić information content (AvgIpc) is 3.27. The van der Waals surface area contributed by atoms with E-state index in [4.69, 9.17) is 0 Å². The van der Waals surface area contributed by atoms with Crippen LogP contribution in [0.25, 0.3) is 11.0 Å². The van der Waals surface area contributed by atoms with E-state index in [1.807, 2.05) is 6.92 Å². The summed E-state index contributed by atoms with van der Waals surface area (Å²) in [4.78, 5) is 29.2. The number of carbonyl (C=O) groups excluding carboxylic acids is 1. The molecule has 4 rings (SSSR count). The largest absolute Gasteiger partial charge is 0.357 e. The van der Waals surface area contributed by atoms with Crippen molar-refractivity contribution < 1.29 is 4.79 Å². The third kappa shape index (κ3) is 4.56. The van der Waals surface area contributed by atoms with E-state index in [2.05, 4.69) is 30.8 Å². The first-order valence-electron chi connectivity index (χ1n) is 9.36. The van der Waals surface area contributed by atoms with Crippen molar-refractivity contribution >= 4 is 50.9 Å². The fourth-order valence-corrected chi connectivity index (χ4v) is 5.27. The van der Waals surface area contributed by atoms with E-state index in [0.29, 0.717) is 22.8 Å². The second-order valence-electron chi connectivity index (χ2n) is 6.94. The van der Waals surface area contributed by atoms with Gasteiger partial charge in [-0.25, -0.2) is 4.79 Å². The molecule has 0 radical (unpaired) electrons. The Balaban J connectivity index is 1.34. The molecule has 1 aliphatic rings. The summed E-state index contributed by atoms with van der Waals surface area (Å²) in [5, 5.41) is 15.3. The number of rotatable bonds is 6. The van der Waals surface area contributed by atoms with Gasteiger partial charge in [0.15, 0.2) is 4.34 Å². The fourth-order valence-electron chi connectivity index (χ4n) is 3.30. The van der Waals surface area contributed by atoms with Crippen molar-refractivity contribution in [1.82, 2.24) is 20.2 Å². The van der Waals surface area contributed by atoms with Crippen LogP contribution in [0.1, 0.15) is 39.0 Å². The molecule has 0 spiro atoms. The standard InChI is InChI=1S/C18H22N6O2S2/c1-10(15(25)19-12-7-8-13-14(9-12)22-16(26)21-13)27-18-24-23-17(28-18)20-11-5-3-2-4-6-11/h7-11H,2-6H2,1H3,(H,19,25)(H,20,23)(H2,21,22,26). The third-order valence-corrected chi connectivity index (χ3v) is 6.81. The summed E-state index contributed by atoms with van der Waals surface area (Å²) in [6.07, 6.45) is 6.19. The molecule has 0 bridgehead atoms. The molecule has 148 valence electrons. The van der Waals surface area contributed by atoms with Crippen LogP contribution in [0.3, 0.4) is 0 Å². The minimum absolute atomic E-state index is 0.126. The van der Waals surface area contributed by atoms with E-state index < -0.39 is 0 Å². The van der Waals surface area contributed by atoms with Crippen molar-refractivity contribution in [1.29, 1.82) is 0 Å². The highest BCUT2D eigenvalue weighted by Gasteiger charge is 2.19. The van der Waals surface area contributed by atoms with E-state index in [9.17, 15) is 9.59 Å². The molecule has 4 N–H and O–H groups in total.